The van der Waals surface area contributed by atoms with Crippen molar-refractivity contribution in [1.82, 2.24) is 9.97 Å². The molecule has 1 aliphatic carbocycles. The van der Waals surface area contributed by atoms with Gasteiger partial charge in [0.15, 0.2) is 5.82 Å². The summed E-state index contributed by atoms with van der Waals surface area (Å²) >= 11 is 0. The lowest BCUT2D eigenvalue weighted by Gasteiger charge is -2.22. The number of halogens is 1. The second-order valence-electron chi connectivity index (χ2n) is 8.26. The van der Waals surface area contributed by atoms with E-state index in [0.717, 1.165) is 16.7 Å². The predicted molar refractivity (Wildman–Crippen MR) is 126 cm³/mol. The molecule has 0 radical (unpaired) electrons. The molecule has 7 heteroatoms. The number of nitrogens with one attached hydrogen (secondary N) is 1. The molecule has 0 saturated heterocycles. The molecule has 1 atom stereocenters. The lowest BCUT2D eigenvalue weighted by molar-refractivity contribution is -0.115. The van der Waals surface area contributed by atoms with Crippen LogP contribution in [-0.2, 0) is 24.1 Å². The second-order valence-corrected chi connectivity index (χ2v) is 8.26. The molecule has 0 spiro atoms. The number of fused-ring (bicyclic) bond motifs is 3. The van der Waals surface area contributed by atoms with Crippen LogP contribution in [0.1, 0.15) is 34.2 Å². The first-order valence-electron chi connectivity index (χ1n) is 11.0. The van der Waals surface area contributed by atoms with E-state index in [1.807, 2.05) is 18.2 Å². The van der Waals surface area contributed by atoms with Crippen LogP contribution >= 0.6 is 0 Å². The van der Waals surface area contributed by atoms with E-state index in [0.29, 0.717) is 29.8 Å². The molecule has 3 N–H and O–H groups in total. The van der Waals surface area contributed by atoms with Crippen LogP contribution in [0.15, 0.2) is 72.8 Å². The summed E-state index contributed by atoms with van der Waals surface area (Å²) in [7, 11) is 0. The normalized spacial score (nSPS) is 13.0. The van der Waals surface area contributed by atoms with Crippen molar-refractivity contribution < 1.29 is 19.4 Å². The highest BCUT2D eigenvalue weighted by Gasteiger charge is 2.26. The van der Waals surface area contributed by atoms with E-state index in [-0.39, 0.29) is 35.4 Å². The minimum atomic E-state index is -1.12. The highest BCUT2D eigenvalue weighted by atomic mass is 19.1. The average Bonchev–Trinajstić information content (AvgIpc) is 2.85. The molecule has 3 aromatic carbocycles. The number of amides is 1. The highest BCUT2D eigenvalue weighted by Crippen LogP contribution is 2.35. The van der Waals surface area contributed by atoms with Gasteiger partial charge in [0.2, 0.25) is 5.91 Å². The number of aliphatic hydroxyl groups excluding tert-OH is 1. The van der Waals surface area contributed by atoms with Gasteiger partial charge in [-0.2, -0.15) is 0 Å². The fourth-order valence-corrected chi connectivity index (χ4v) is 4.18. The Bertz CT molecular complexity index is 1360. The second kappa shape index (κ2) is 9.03. The zero-order valence-electron chi connectivity index (χ0n) is 18.2. The van der Waals surface area contributed by atoms with E-state index in [1.165, 1.54) is 24.3 Å². The van der Waals surface area contributed by atoms with Gasteiger partial charge < -0.3 is 15.5 Å². The molecule has 1 unspecified atom stereocenters. The Hall–Kier alpha value is -4.10. The highest BCUT2D eigenvalue weighted by molar-refractivity contribution is 5.92. The van der Waals surface area contributed by atoms with Crippen LogP contribution in [-0.4, -0.2) is 26.1 Å². The molecule has 0 saturated carbocycles. The molecule has 1 aromatic heterocycles. The van der Waals surface area contributed by atoms with Crippen molar-refractivity contribution >= 4 is 11.7 Å². The first-order chi connectivity index (χ1) is 16.5. The van der Waals surface area contributed by atoms with Crippen molar-refractivity contribution in [3.8, 4) is 17.0 Å². The van der Waals surface area contributed by atoms with Crippen molar-refractivity contribution in [2.75, 3.05) is 5.32 Å². The van der Waals surface area contributed by atoms with Crippen molar-refractivity contribution in [2.45, 2.75) is 25.4 Å². The number of phenols is 1. The summed E-state index contributed by atoms with van der Waals surface area (Å²) in [6, 6.07) is 20.0. The van der Waals surface area contributed by atoms with Crippen LogP contribution in [0.5, 0.6) is 5.75 Å². The number of aliphatic hydroxyl groups is 1. The summed E-state index contributed by atoms with van der Waals surface area (Å²) in [5, 5.41) is 23.4. The zero-order chi connectivity index (χ0) is 23.7. The van der Waals surface area contributed by atoms with Crippen LogP contribution in [0, 0.1) is 5.82 Å². The minimum Gasteiger partial charge on any atom is -0.508 e. The van der Waals surface area contributed by atoms with Crippen LogP contribution in [0.3, 0.4) is 0 Å². The molecule has 34 heavy (non-hydrogen) atoms. The van der Waals surface area contributed by atoms with Gasteiger partial charge in [0.25, 0.3) is 0 Å². The Balaban J connectivity index is 1.54. The van der Waals surface area contributed by atoms with Gasteiger partial charge in [-0.05, 0) is 59.9 Å². The SMILES string of the molecule is O=C(Cc1ccc(O)cc1)Nc1nc2c(nc1C(O)c1ccccc1)-c1ccc(F)cc1CC2. The van der Waals surface area contributed by atoms with Gasteiger partial charge in [-0.15, -0.1) is 0 Å². The Morgan fingerprint density at radius 3 is 2.53 bits per heavy atom. The lowest BCUT2D eigenvalue weighted by Crippen LogP contribution is -2.21. The number of phenolic OH excluding ortho intramolecular Hbond substituents is 1. The third kappa shape index (κ3) is 4.38. The van der Waals surface area contributed by atoms with E-state index < -0.39 is 6.10 Å². The van der Waals surface area contributed by atoms with Gasteiger partial charge in [-0.3, -0.25) is 4.79 Å². The maximum absolute atomic E-state index is 13.8. The smallest absolute Gasteiger partial charge is 0.229 e. The van der Waals surface area contributed by atoms with Gasteiger partial charge in [0.05, 0.1) is 17.8 Å². The fourth-order valence-electron chi connectivity index (χ4n) is 4.18. The molecule has 1 heterocycles. The quantitative estimate of drug-likeness (QED) is 0.416. The maximum Gasteiger partial charge on any atom is 0.229 e. The van der Waals surface area contributed by atoms with Gasteiger partial charge in [0.1, 0.15) is 23.4 Å². The third-order valence-electron chi connectivity index (χ3n) is 5.88. The number of aryl methyl sites for hydroxylation is 2. The van der Waals surface area contributed by atoms with Crippen LogP contribution in [0.4, 0.5) is 10.2 Å². The van der Waals surface area contributed by atoms with Gasteiger partial charge in [-0.1, -0.05) is 42.5 Å². The van der Waals surface area contributed by atoms with Crippen LogP contribution in [0.2, 0.25) is 0 Å². The molecular formula is C27H22FN3O3. The van der Waals surface area contributed by atoms with Gasteiger partial charge in [0, 0.05) is 5.56 Å². The number of benzene rings is 3. The number of hydrogen-bond acceptors (Lipinski definition) is 5. The Labute approximate surface area is 195 Å². The summed E-state index contributed by atoms with van der Waals surface area (Å²) in [6.07, 6.45) is 0.105. The van der Waals surface area contributed by atoms with Crippen molar-refractivity contribution in [1.29, 1.82) is 0 Å². The summed E-state index contributed by atoms with van der Waals surface area (Å²) in [5.74, 6) is -0.305. The standard InChI is InChI=1S/C27H22FN3O3/c28-19-9-12-21-18(15-19)8-13-22-24(21)31-25(26(34)17-4-2-1-3-5-17)27(29-22)30-23(33)14-16-6-10-20(32)11-7-16/h1-7,9-12,15,26,32,34H,8,13-14H2,(H,29,30,33). The molecule has 4 aromatic rings. The van der Waals surface area contributed by atoms with Crippen LogP contribution < -0.4 is 5.32 Å². The summed E-state index contributed by atoms with van der Waals surface area (Å²) < 4.78 is 13.8. The monoisotopic (exact) mass is 455 g/mol. The largest absolute Gasteiger partial charge is 0.508 e. The number of anilines is 1. The first kappa shape index (κ1) is 21.7. The van der Waals surface area contributed by atoms with Crippen molar-refractivity contribution in [3.05, 3.63) is 107 Å². The molecule has 1 aliphatic rings. The van der Waals surface area contributed by atoms with E-state index in [4.69, 9.17) is 4.98 Å². The molecule has 170 valence electrons. The topological polar surface area (TPSA) is 95.3 Å². The number of aromatic nitrogens is 2. The Morgan fingerprint density at radius 2 is 1.76 bits per heavy atom. The van der Waals surface area contributed by atoms with Crippen molar-refractivity contribution in [2.24, 2.45) is 0 Å². The molecule has 0 fully saturated rings. The number of carbonyl (C=O) groups is 1. The number of nitrogens with zero attached hydrogens (tertiary/aromatic N) is 2. The Kier molecular flexibility index (Phi) is 5.77. The molecule has 5 rings (SSSR count). The summed E-state index contributed by atoms with van der Waals surface area (Å²) in [4.78, 5) is 22.3. The van der Waals surface area contributed by atoms with Crippen LogP contribution in [0.25, 0.3) is 11.3 Å². The number of hydrogen-bond donors (Lipinski definition) is 3. The van der Waals surface area contributed by atoms with Crippen molar-refractivity contribution in [3.63, 3.8) is 0 Å². The lowest BCUT2D eigenvalue weighted by atomic mass is 9.91. The molecule has 0 aliphatic heterocycles. The van der Waals surface area contributed by atoms with Gasteiger partial charge in [-0.25, -0.2) is 14.4 Å². The Morgan fingerprint density at radius 1 is 1.00 bits per heavy atom. The summed E-state index contributed by atoms with van der Waals surface area (Å²) in [6.45, 7) is 0. The molecular weight excluding hydrogens is 433 g/mol. The number of aromatic hydroxyl groups is 1. The zero-order valence-corrected chi connectivity index (χ0v) is 18.2. The summed E-state index contributed by atoms with van der Waals surface area (Å²) in [5.41, 5.74) is 4.44. The number of rotatable bonds is 5. The first-order valence-corrected chi connectivity index (χ1v) is 11.0. The fraction of sp³-hybridized carbons (Fsp3) is 0.148. The minimum absolute atomic E-state index is 0.0715. The third-order valence-corrected chi connectivity index (χ3v) is 5.88. The molecule has 0 bridgehead atoms. The van der Waals surface area contributed by atoms with E-state index in [1.54, 1.807) is 30.3 Å². The van der Waals surface area contributed by atoms with Gasteiger partial charge >= 0.3 is 0 Å². The predicted octanol–water partition coefficient (Wildman–Crippen LogP) is 4.35. The average molecular weight is 455 g/mol. The maximum atomic E-state index is 13.8. The van der Waals surface area contributed by atoms with E-state index >= 15 is 0 Å². The van der Waals surface area contributed by atoms with E-state index in [9.17, 15) is 19.4 Å². The number of carbonyl (C=O) groups excluding carboxylic acids is 1. The van der Waals surface area contributed by atoms with E-state index in [2.05, 4.69) is 10.3 Å². The molecule has 1 amide bonds. The molecule has 6 nitrogen and oxygen atoms in total.